The van der Waals surface area contributed by atoms with Crippen molar-refractivity contribution in [3.63, 3.8) is 0 Å². The molecule has 0 atom stereocenters. The zero-order valence-electron chi connectivity index (χ0n) is 14.8. The van der Waals surface area contributed by atoms with Crippen molar-refractivity contribution in [3.05, 3.63) is 47.3 Å². The van der Waals surface area contributed by atoms with Crippen molar-refractivity contribution < 1.29 is 19.3 Å². The topological polar surface area (TPSA) is 61.7 Å². The van der Waals surface area contributed by atoms with E-state index in [1.54, 1.807) is 0 Å². The summed E-state index contributed by atoms with van der Waals surface area (Å²) in [5.74, 6) is -0.218. The molecule has 25 heavy (non-hydrogen) atoms. The highest BCUT2D eigenvalue weighted by molar-refractivity contribution is 5.91. The number of nitrogens with one attached hydrogen (secondary N) is 1. The molecule has 0 spiro atoms. The highest BCUT2D eigenvalue weighted by Crippen LogP contribution is 2.47. The zero-order valence-corrected chi connectivity index (χ0v) is 14.8. The number of allylic oxidation sites excluding steroid dienone is 1. The van der Waals surface area contributed by atoms with Crippen molar-refractivity contribution >= 4 is 11.3 Å². The van der Waals surface area contributed by atoms with E-state index in [-0.39, 0.29) is 17.9 Å². The standard InChI is InChI=1S/C20H22FNO3/c1-11-9-20(2,3)22-15-8-17(25-4)19(14(10-23)18(11)15)13-6-5-12(21)7-16(13)24/h5-9,22-24H,10H2,1-4H3. The van der Waals surface area contributed by atoms with Crippen molar-refractivity contribution in [1.82, 2.24) is 0 Å². The van der Waals surface area contributed by atoms with Gasteiger partial charge in [0.2, 0.25) is 0 Å². The van der Waals surface area contributed by atoms with Crippen LogP contribution in [-0.4, -0.2) is 22.9 Å². The van der Waals surface area contributed by atoms with E-state index in [0.29, 0.717) is 22.4 Å². The first kappa shape index (κ1) is 17.3. The minimum atomic E-state index is -0.525. The lowest BCUT2D eigenvalue weighted by Gasteiger charge is -2.34. The molecule has 0 radical (unpaired) electrons. The summed E-state index contributed by atoms with van der Waals surface area (Å²) in [6.07, 6.45) is 2.09. The van der Waals surface area contributed by atoms with E-state index in [2.05, 4.69) is 25.2 Å². The minimum absolute atomic E-state index is 0.196. The Hall–Kier alpha value is -2.53. The molecular formula is C20H22FNO3. The van der Waals surface area contributed by atoms with Gasteiger partial charge in [0.05, 0.1) is 19.3 Å². The first-order valence-electron chi connectivity index (χ1n) is 8.09. The molecule has 0 amide bonds. The van der Waals surface area contributed by atoms with Crippen LogP contribution in [0.2, 0.25) is 0 Å². The largest absolute Gasteiger partial charge is 0.507 e. The van der Waals surface area contributed by atoms with Crippen LogP contribution in [0.4, 0.5) is 10.1 Å². The summed E-state index contributed by atoms with van der Waals surface area (Å²) >= 11 is 0. The van der Waals surface area contributed by atoms with Crippen LogP contribution in [0.1, 0.15) is 31.9 Å². The molecule has 4 nitrogen and oxygen atoms in total. The number of anilines is 1. The molecule has 0 aliphatic carbocycles. The van der Waals surface area contributed by atoms with E-state index >= 15 is 0 Å². The quantitative estimate of drug-likeness (QED) is 0.777. The summed E-state index contributed by atoms with van der Waals surface area (Å²) in [5.41, 5.74) is 4.14. The maximum Gasteiger partial charge on any atom is 0.129 e. The molecule has 0 unspecified atom stereocenters. The first-order chi connectivity index (χ1) is 11.8. The third kappa shape index (κ3) is 2.96. The fourth-order valence-corrected chi connectivity index (χ4v) is 3.59. The summed E-state index contributed by atoms with van der Waals surface area (Å²) < 4.78 is 18.9. The minimum Gasteiger partial charge on any atom is -0.507 e. The van der Waals surface area contributed by atoms with E-state index in [1.807, 2.05) is 13.0 Å². The number of halogens is 1. The number of rotatable bonds is 3. The van der Waals surface area contributed by atoms with Gasteiger partial charge in [0.15, 0.2) is 0 Å². The Kier molecular flexibility index (Phi) is 4.21. The average molecular weight is 343 g/mol. The highest BCUT2D eigenvalue weighted by atomic mass is 19.1. The normalized spacial score (nSPS) is 15.2. The maximum atomic E-state index is 13.4. The van der Waals surface area contributed by atoms with Crippen LogP contribution in [0.25, 0.3) is 16.7 Å². The second-order valence-electron chi connectivity index (χ2n) is 6.85. The van der Waals surface area contributed by atoms with Gasteiger partial charge < -0.3 is 20.3 Å². The molecular weight excluding hydrogens is 321 g/mol. The zero-order chi connectivity index (χ0) is 18.4. The Balaban J connectivity index is 2.35. The van der Waals surface area contributed by atoms with Gasteiger partial charge in [-0.05, 0) is 44.0 Å². The van der Waals surface area contributed by atoms with Crippen molar-refractivity contribution in [2.24, 2.45) is 0 Å². The molecule has 2 aromatic rings. The number of phenols is 1. The number of hydrogen-bond acceptors (Lipinski definition) is 4. The lowest BCUT2D eigenvalue weighted by Crippen LogP contribution is -2.32. The number of ether oxygens (including phenoxy) is 1. The van der Waals surface area contributed by atoms with Crippen LogP contribution in [0.3, 0.4) is 0 Å². The third-order valence-corrected chi connectivity index (χ3v) is 4.43. The predicted octanol–water partition coefficient (Wildman–Crippen LogP) is 4.31. The predicted molar refractivity (Wildman–Crippen MR) is 97.3 cm³/mol. The van der Waals surface area contributed by atoms with Gasteiger partial charge in [0.25, 0.3) is 0 Å². The van der Waals surface area contributed by atoms with Crippen molar-refractivity contribution in [1.29, 1.82) is 0 Å². The fraction of sp³-hybridized carbons (Fsp3) is 0.300. The number of fused-ring (bicyclic) bond motifs is 1. The molecule has 5 heteroatoms. The third-order valence-electron chi connectivity index (χ3n) is 4.43. The summed E-state index contributed by atoms with van der Waals surface area (Å²) in [5, 5.41) is 23.7. The Bertz CT molecular complexity index is 872. The summed E-state index contributed by atoms with van der Waals surface area (Å²) in [6, 6.07) is 5.68. The molecule has 0 bridgehead atoms. The van der Waals surface area contributed by atoms with Crippen LogP contribution in [-0.2, 0) is 6.61 Å². The van der Waals surface area contributed by atoms with Crippen molar-refractivity contribution in [2.45, 2.75) is 32.9 Å². The van der Waals surface area contributed by atoms with E-state index in [0.717, 1.165) is 22.9 Å². The van der Waals surface area contributed by atoms with Gasteiger partial charge in [-0.3, -0.25) is 0 Å². The van der Waals surface area contributed by atoms with Gasteiger partial charge in [-0.2, -0.15) is 0 Å². The number of benzene rings is 2. The van der Waals surface area contributed by atoms with Gasteiger partial charge >= 0.3 is 0 Å². The summed E-state index contributed by atoms with van der Waals surface area (Å²) in [4.78, 5) is 0. The van der Waals surface area contributed by atoms with Crippen molar-refractivity contribution in [3.8, 4) is 22.6 Å². The average Bonchev–Trinajstić information content (AvgIpc) is 2.52. The van der Waals surface area contributed by atoms with Crippen LogP contribution in [0.15, 0.2) is 30.3 Å². The van der Waals surface area contributed by atoms with Gasteiger partial charge in [-0.15, -0.1) is 0 Å². The Morgan fingerprint density at radius 2 is 1.92 bits per heavy atom. The molecule has 2 aromatic carbocycles. The summed E-state index contributed by atoms with van der Waals surface area (Å²) in [6.45, 7) is 5.87. The molecule has 1 aliphatic heterocycles. The summed E-state index contributed by atoms with van der Waals surface area (Å²) in [7, 11) is 1.53. The van der Waals surface area contributed by atoms with Crippen molar-refractivity contribution in [2.75, 3.05) is 12.4 Å². The molecule has 0 aromatic heterocycles. The van der Waals surface area contributed by atoms with Crippen LogP contribution in [0.5, 0.6) is 11.5 Å². The molecule has 1 heterocycles. The number of methoxy groups -OCH3 is 1. The van der Waals surface area contributed by atoms with E-state index in [1.165, 1.54) is 19.2 Å². The second kappa shape index (κ2) is 6.08. The molecule has 0 saturated heterocycles. The Labute approximate surface area is 146 Å². The monoisotopic (exact) mass is 343 g/mol. The number of phenolic OH excluding ortho intramolecular Hbond substituents is 1. The van der Waals surface area contributed by atoms with Gasteiger partial charge in [0, 0.05) is 34.5 Å². The van der Waals surface area contributed by atoms with Crippen LogP contribution < -0.4 is 10.1 Å². The first-order valence-corrected chi connectivity index (χ1v) is 8.09. The number of aromatic hydroxyl groups is 1. The SMILES string of the molecule is COc1cc2c(c(CO)c1-c1ccc(F)cc1O)C(C)=CC(C)(C)N2. The van der Waals surface area contributed by atoms with Gasteiger partial charge in [-0.1, -0.05) is 6.08 Å². The number of hydrogen-bond donors (Lipinski definition) is 3. The number of aliphatic hydroxyl groups is 1. The smallest absolute Gasteiger partial charge is 0.129 e. The van der Waals surface area contributed by atoms with E-state index in [4.69, 9.17) is 4.74 Å². The van der Waals surface area contributed by atoms with Crippen LogP contribution in [0, 0.1) is 5.82 Å². The Morgan fingerprint density at radius 3 is 2.52 bits per heavy atom. The van der Waals surface area contributed by atoms with E-state index < -0.39 is 5.82 Å². The highest BCUT2D eigenvalue weighted by Gasteiger charge is 2.28. The molecule has 1 aliphatic rings. The lowest BCUT2D eigenvalue weighted by molar-refractivity contribution is 0.281. The second-order valence-corrected chi connectivity index (χ2v) is 6.85. The molecule has 3 rings (SSSR count). The number of aliphatic hydroxyl groups excluding tert-OH is 1. The molecule has 132 valence electrons. The maximum absolute atomic E-state index is 13.4. The Morgan fingerprint density at radius 1 is 1.20 bits per heavy atom. The van der Waals surface area contributed by atoms with Crippen LogP contribution >= 0.6 is 0 Å². The fourth-order valence-electron chi connectivity index (χ4n) is 3.59. The van der Waals surface area contributed by atoms with E-state index in [9.17, 15) is 14.6 Å². The lowest BCUT2D eigenvalue weighted by atomic mass is 9.84. The molecule has 0 fully saturated rings. The molecule has 3 N–H and O–H groups in total. The van der Waals surface area contributed by atoms with Gasteiger partial charge in [0.1, 0.15) is 17.3 Å². The van der Waals surface area contributed by atoms with Gasteiger partial charge in [-0.25, -0.2) is 4.39 Å². The molecule has 0 saturated carbocycles.